The van der Waals surface area contributed by atoms with Gasteiger partial charge in [-0.2, -0.15) is 5.26 Å². The second-order valence-electron chi connectivity index (χ2n) is 4.10. The molecule has 9 heteroatoms. The number of carbonyl (C=O) groups is 1. The Kier molecular flexibility index (Phi) is 4.55. The Balaban J connectivity index is 2.23. The van der Waals surface area contributed by atoms with Crippen molar-refractivity contribution in [1.82, 2.24) is 10.2 Å². The van der Waals surface area contributed by atoms with Gasteiger partial charge in [0.2, 0.25) is 5.13 Å². The number of aromatic nitrogens is 2. The van der Waals surface area contributed by atoms with E-state index in [1.807, 2.05) is 0 Å². The first kappa shape index (κ1) is 15.3. The van der Waals surface area contributed by atoms with Crippen molar-refractivity contribution in [2.24, 2.45) is 0 Å². The van der Waals surface area contributed by atoms with Gasteiger partial charge in [0, 0.05) is 12.1 Å². The van der Waals surface area contributed by atoms with Gasteiger partial charge < -0.3 is 0 Å². The average molecular weight is 315 g/mol. The molecule has 1 aromatic heterocycles. The van der Waals surface area contributed by atoms with E-state index in [2.05, 4.69) is 15.5 Å². The van der Waals surface area contributed by atoms with E-state index < -0.39 is 10.8 Å². The molecule has 2 rings (SSSR count). The monoisotopic (exact) mass is 315 g/mol. The number of amides is 1. The van der Waals surface area contributed by atoms with Gasteiger partial charge in [-0.05, 0) is 18.6 Å². The number of hydrogen-bond acceptors (Lipinski definition) is 7. The molecule has 0 saturated heterocycles. The Hall–Kier alpha value is -3.12. The van der Waals surface area contributed by atoms with Gasteiger partial charge in [0.1, 0.15) is 16.6 Å². The Morgan fingerprint density at radius 3 is 2.86 bits per heavy atom. The van der Waals surface area contributed by atoms with Crippen LogP contribution in [0, 0.1) is 28.4 Å². The van der Waals surface area contributed by atoms with Gasteiger partial charge in [-0.3, -0.25) is 20.2 Å². The van der Waals surface area contributed by atoms with Gasteiger partial charge in [0.05, 0.1) is 4.92 Å². The lowest BCUT2D eigenvalue weighted by atomic mass is 10.1. The highest BCUT2D eigenvalue weighted by Crippen LogP contribution is 2.18. The lowest BCUT2D eigenvalue weighted by Gasteiger charge is -1.99. The van der Waals surface area contributed by atoms with Crippen LogP contribution in [0.25, 0.3) is 6.08 Å². The van der Waals surface area contributed by atoms with Crippen LogP contribution in [0.4, 0.5) is 10.8 Å². The van der Waals surface area contributed by atoms with Gasteiger partial charge in [-0.1, -0.05) is 23.5 Å². The number of non-ortho nitro benzene ring substituents is 1. The molecule has 0 bridgehead atoms. The highest BCUT2D eigenvalue weighted by atomic mass is 32.1. The Bertz CT molecular complexity index is 806. The number of anilines is 1. The number of hydrogen-bond donors (Lipinski definition) is 1. The third kappa shape index (κ3) is 3.71. The Morgan fingerprint density at radius 2 is 2.27 bits per heavy atom. The van der Waals surface area contributed by atoms with Gasteiger partial charge in [0.25, 0.3) is 11.6 Å². The molecule has 0 aliphatic carbocycles. The zero-order valence-corrected chi connectivity index (χ0v) is 12.1. The fourth-order valence-corrected chi connectivity index (χ4v) is 2.14. The molecule has 22 heavy (non-hydrogen) atoms. The van der Waals surface area contributed by atoms with E-state index in [0.717, 1.165) is 0 Å². The van der Waals surface area contributed by atoms with Gasteiger partial charge >= 0.3 is 0 Å². The minimum atomic E-state index is -0.648. The van der Waals surface area contributed by atoms with E-state index in [0.29, 0.717) is 10.6 Å². The average Bonchev–Trinajstić information content (AvgIpc) is 2.90. The van der Waals surface area contributed by atoms with Crippen molar-refractivity contribution >= 4 is 34.1 Å². The van der Waals surface area contributed by atoms with Crippen molar-refractivity contribution in [3.05, 3.63) is 50.5 Å². The maximum atomic E-state index is 12.0. The molecule has 1 amide bonds. The molecule has 0 unspecified atom stereocenters. The molecule has 0 aliphatic heterocycles. The normalized spacial score (nSPS) is 10.8. The van der Waals surface area contributed by atoms with E-state index >= 15 is 0 Å². The number of rotatable bonds is 4. The quantitative estimate of drug-likeness (QED) is 0.400. The van der Waals surface area contributed by atoms with Crippen LogP contribution in [0.15, 0.2) is 29.8 Å². The molecule has 2 aromatic rings. The van der Waals surface area contributed by atoms with Crippen LogP contribution in [0.3, 0.4) is 0 Å². The fourth-order valence-electron chi connectivity index (χ4n) is 1.55. The summed E-state index contributed by atoms with van der Waals surface area (Å²) in [5.74, 6) is -0.648. The lowest BCUT2D eigenvalue weighted by molar-refractivity contribution is -0.384. The summed E-state index contributed by atoms with van der Waals surface area (Å²) in [4.78, 5) is 22.1. The summed E-state index contributed by atoms with van der Waals surface area (Å²) in [7, 11) is 0. The maximum absolute atomic E-state index is 12.0. The molecule has 8 nitrogen and oxygen atoms in total. The number of carbonyl (C=O) groups excluding carboxylic acids is 1. The summed E-state index contributed by atoms with van der Waals surface area (Å²) in [6, 6.07) is 7.41. The first-order valence-corrected chi connectivity index (χ1v) is 6.79. The fraction of sp³-hybridized carbons (Fsp3) is 0.0769. The first-order valence-electron chi connectivity index (χ1n) is 5.97. The summed E-state index contributed by atoms with van der Waals surface area (Å²) in [6.45, 7) is 1.73. The van der Waals surface area contributed by atoms with Crippen LogP contribution in [-0.4, -0.2) is 21.0 Å². The zero-order valence-electron chi connectivity index (χ0n) is 11.3. The van der Waals surface area contributed by atoms with E-state index in [1.54, 1.807) is 19.1 Å². The maximum Gasteiger partial charge on any atom is 0.270 e. The largest absolute Gasteiger partial charge is 0.296 e. The molecule has 0 fully saturated rings. The summed E-state index contributed by atoms with van der Waals surface area (Å²) >= 11 is 1.18. The van der Waals surface area contributed by atoms with Crippen molar-refractivity contribution in [3.63, 3.8) is 0 Å². The summed E-state index contributed by atoms with van der Waals surface area (Å²) in [6.07, 6.45) is 1.27. The van der Waals surface area contributed by atoms with Gasteiger partial charge in [-0.15, -0.1) is 10.2 Å². The van der Waals surface area contributed by atoms with Crippen LogP contribution in [0.1, 0.15) is 10.6 Å². The van der Waals surface area contributed by atoms with E-state index in [1.165, 1.54) is 35.6 Å². The number of nitro benzene ring substituents is 1. The number of nitrogens with one attached hydrogen (secondary N) is 1. The predicted octanol–water partition coefficient (Wildman–Crippen LogP) is 2.30. The molecule has 1 aromatic carbocycles. The number of nitriles is 1. The highest BCUT2D eigenvalue weighted by Gasteiger charge is 2.13. The van der Waals surface area contributed by atoms with Crippen molar-refractivity contribution in [3.8, 4) is 6.07 Å². The molecule has 1 N–H and O–H groups in total. The molecule has 0 atom stereocenters. The van der Waals surface area contributed by atoms with Crippen LogP contribution in [-0.2, 0) is 4.79 Å². The van der Waals surface area contributed by atoms with Gasteiger partial charge in [-0.25, -0.2) is 0 Å². The highest BCUT2D eigenvalue weighted by molar-refractivity contribution is 7.15. The first-order chi connectivity index (χ1) is 10.5. The third-order valence-corrected chi connectivity index (χ3v) is 3.26. The third-order valence-electron chi connectivity index (χ3n) is 2.50. The number of aryl methyl sites for hydroxylation is 1. The molecular formula is C13H9N5O3S. The minimum Gasteiger partial charge on any atom is -0.296 e. The predicted molar refractivity (Wildman–Crippen MR) is 80.0 cm³/mol. The van der Waals surface area contributed by atoms with Crippen LogP contribution >= 0.6 is 11.3 Å². The second kappa shape index (κ2) is 6.55. The molecular weight excluding hydrogens is 306 g/mol. The van der Waals surface area contributed by atoms with Crippen molar-refractivity contribution < 1.29 is 9.72 Å². The number of nitro groups is 1. The number of benzene rings is 1. The standard InChI is InChI=1S/C13H9N5O3S/c1-8-16-17-13(22-8)15-12(19)10(7-14)5-9-3-2-4-11(6-9)18(20)21/h2-6H,1H3,(H,15,17,19). The summed E-state index contributed by atoms with van der Waals surface area (Å²) in [5, 5.41) is 30.7. The van der Waals surface area contributed by atoms with Crippen molar-refractivity contribution in [2.75, 3.05) is 5.32 Å². The van der Waals surface area contributed by atoms with Crippen molar-refractivity contribution in [1.29, 1.82) is 5.26 Å². The topological polar surface area (TPSA) is 122 Å². The molecule has 0 spiro atoms. The Morgan fingerprint density at radius 1 is 1.50 bits per heavy atom. The minimum absolute atomic E-state index is 0.119. The number of nitrogens with zero attached hydrogens (tertiary/aromatic N) is 4. The van der Waals surface area contributed by atoms with Crippen LogP contribution in [0.5, 0.6) is 0 Å². The molecule has 0 aliphatic rings. The zero-order chi connectivity index (χ0) is 16.1. The lowest BCUT2D eigenvalue weighted by Crippen LogP contribution is -2.13. The van der Waals surface area contributed by atoms with E-state index in [4.69, 9.17) is 5.26 Å². The molecule has 110 valence electrons. The SMILES string of the molecule is Cc1nnc(NC(=O)C(C#N)=Cc2cccc([N+](=O)[O-])c2)s1. The molecule has 0 radical (unpaired) electrons. The Labute approximate surface area is 128 Å². The molecule has 0 saturated carbocycles. The molecule has 1 heterocycles. The van der Waals surface area contributed by atoms with E-state index in [9.17, 15) is 14.9 Å². The smallest absolute Gasteiger partial charge is 0.270 e. The van der Waals surface area contributed by atoms with E-state index in [-0.39, 0.29) is 16.4 Å². The van der Waals surface area contributed by atoms with Crippen molar-refractivity contribution in [2.45, 2.75) is 6.92 Å². The van der Waals surface area contributed by atoms with Gasteiger partial charge in [0.15, 0.2) is 0 Å². The summed E-state index contributed by atoms with van der Waals surface area (Å²) in [5.41, 5.74) is 0.0777. The summed E-state index contributed by atoms with van der Waals surface area (Å²) < 4.78 is 0. The van der Waals surface area contributed by atoms with Crippen LogP contribution < -0.4 is 5.32 Å². The van der Waals surface area contributed by atoms with Crippen LogP contribution in [0.2, 0.25) is 0 Å². The second-order valence-corrected chi connectivity index (χ2v) is 5.28.